The monoisotopic (exact) mass is 387 g/mol. The van der Waals surface area contributed by atoms with E-state index in [1.54, 1.807) is 18.2 Å². The topological polar surface area (TPSA) is 84.9 Å². The van der Waals surface area contributed by atoms with Gasteiger partial charge in [-0.1, -0.05) is 42.5 Å². The summed E-state index contributed by atoms with van der Waals surface area (Å²) >= 11 is 1.52. The largest absolute Gasteiger partial charge is 0.485 e. The highest BCUT2D eigenvalue weighted by Crippen LogP contribution is 2.29. The van der Waals surface area contributed by atoms with Gasteiger partial charge in [-0.2, -0.15) is 11.8 Å². The SMILES string of the molecule is O=C(COc1ccccc1OCc1ccccc1)NC1(C(=O)O)CCSC1. The van der Waals surface area contributed by atoms with Gasteiger partial charge in [0.25, 0.3) is 5.91 Å². The third kappa shape index (κ3) is 4.95. The first-order valence-corrected chi connectivity index (χ1v) is 9.75. The molecule has 6 nitrogen and oxygen atoms in total. The molecule has 2 N–H and O–H groups in total. The molecular formula is C20H21NO5S. The molecule has 2 aromatic rings. The van der Waals surface area contributed by atoms with Crippen LogP contribution < -0.4 is 14.8 Å². The standard InChI is InChI=1S/C20H21NO5S/c22-18(21-20(19(23)24)10-11-27-14-20)13-26-17-9-5-4-8-16(17)25-12-15-6-2-1-3-7-15/h1-9H,10-14H2,(H,21,22)(H,23,24). The third-order valence-electron chi connectivity index (χ3n) is 4.25. The fraction of sp³-hybridized carbons (Fsp3) is 0.300. The molecule has 1 aliphatic rings. The first-order chi connectivity index (χ1) is 13.1. The number of para-hydroxylation sites is 2. The summed E-state index contributed by atoms with van der Waals surface area (Å²) in [6.07, 6.45) is 0.412. The van der Waals surface area contributed by atoms with Gasteiger partial charge in [-0.05, 0) is 29.9 Å². The predicted molar refractivity (Wildman–Crippen MR) is 103 cm³/mol. The van der Waals surface area contributed by atoms with E-state index in [0.717, 1.165) is 5.56 Å². The van der Waals surface area contributed by atoms with Crippen molar-refractivity contribution in [1.29, 1.82) is 0 Å². The van der Waals surface area contributed by atoms with Crippen molar-refractivity contribution < 1.29 is 24.2 Å². The molecule has 1 fully saturated rings. The zero-order chi connectivity index (χ0) is 19.1. The van der Waals surface area contributed by atoms with Crippen LogP contribution in [0.2, 0.25) is 0 Å². The lowest BCUT2D eigenvalue weighted by Crippen LogP contribution is -2.55. The lowest BCUT2D eigenvalue weighted by molar-refractivity contribution is -0.146. The van der Waals surface area contributed by atoms with Gasteiger partial charge in [0.15, 0.2) is 18.1 Å². The van der Waals surface area contributed by atoms with Crippen molar-refractivity contribution in [3.05, 3.63) is 60.2 Å². The lowest BCUT2D eigenvalue weighted by Gasteiger charge is -2.24. The van der Waals surface area contributed by atoms with Crippen molar-refractivity contribution in [1.82, 2.24) is 5.32 Å². The summed E-state index contributed by atoms with van der Waals surface area (Å²) in [5, 5.41) is 12.0. The smallest absolute Gasteiger partial charge is 0.330 e. The van der Waals surface area contributed by atoms with Gasteiger partial charge in [0.2, 0.25) is 0 Å². The summed E-state index contributed by atoms with van der Waals surface area (Å²) in [5.41, 5.74) is -0.179. The number of aliphatic carboxylic acids is 1. The van der Waals surface area contributed by atoms with E-state index >= 15 is 0 Å². The van der Waals surface area contributed by atoms with Gasteiger partial charge >= 0.3 is 5.97 Å². The summed E-state index contributed by atoms with van der Waals surface area (Å²) in [6.45, 7) is 0.109. The van der Waals surface area contributed by atoms with E-state index in [9.17, 15) is 14.7 Å². The van der Waals surface area contributed by atoms with E-state index in [1.807, 2.05) is 36.4 Å². The summed E-state index contributed by atoms with van der Waals surface area (Å²) in [6, 6.07) is 16.8. The van der Waals surface area contributed by atoms with E-state index in [4.69, 9.17) is 9.47 Å². The Balaban J connectivity index is 1.57. The van der Waals surface area contributed by atoms with Crippen molar-refractivity contribution in [3.63, 3.8) is 0 Å². The van der Waals surface area contributed by atoms with Gasteiger partial charge in [-0.15, -0.1) is 0 Å². The molecule has 2 aromatic carbocycles. The van der Waals surface area contributed by atoms with Crippen LogP contribution >= 0.6 is 11.8 Å². The third-order valence-corrected chi connectivity index (χ3v) is 5.44. The number of hydrogen-bond acceptors (Lipinski definition) is 5. The van der Waals surface area contributed by atoms with Crippen LogP contribution in [0.25, 0.3) is 0 Å². The van der Waals surface area contributed by atoms with E-state index in [2.05, 4.69) is 5.32 Å². The second kappa shape index (κ2) is 8.81. The van der Waals surface area contributed by atoms with Crippen molar-refractivity contribution in [2.75, 3.05) is 18.1 Å². The van der Waals surface area contributed by atoms with Gasteiger partial charge in [0.1, 0.15) is 12.1 Å². The normalized spacial score (nSPS) is 18.7. The molecule has 0 aromatic heterocycles. The Morgan fingerprint density at radius 2 is 1.70 bits per heavy atom. The average molecular weight is 387 g/mol. The molecular weight excluding hydrogens is 366 g/mol. The maximum atomic E-state index is 12.2. The minimum Gasteiger partial charge on any atom is -0.485 e. The number of benzene rings is 2. The minimum atomic E-state index is -1.20. The van der Waals surface area contributed by atoms with E-state index in [-0.39, 0.29) is 6.61 Å². The summed E-state index contributed by atoms with van der Waals surface area (Å²) in [4.78, 5) is 23.7. The molecule has 1 saturated heterocycles. The Hall–Kier alpha value is -2.67. The quantitative estimate of drug-likeness (QED) is 0.725. The molecule has 27 heavy (non-hydrogen) atoms. The average Bonchev–Trinajstić information content (AvgIpc) is 3.16. The minimum absolute atomic E-state index is 0.272. The zero-order valence-electron chi connectivity index (χ0n) is 14.7. The number of carbonyl (C=O) groups excluding carboxylic acids is 1. The number of carboxylic acids is 1. The molecule has 1 unspecified atom stereocenters. The Labute approximate surface area is 161 Å². The highest BCUT2D eigenvalue weighted by Gasteiger charge is 2.43. The van der Waals surface area contributed by atoms with Crippen LogP contribution in [0.15, 0.2) is 54.6 Å². The Kier molecular flexibility index (Phi) is 6.24. The summed E-state index contributed by atoms with van der Waals surface area (Å²) < 4.78 is 11.4. The Bertz CT molecular complexity index is 790. The molecule has 0 aliphatic carbocycles. The van der Waals surface area contributed by atoms with Crippen LogP contribution in [0.3, 0.4) is 0 Å². The number of thioether (sulfide) groups is 1. The molecule has 0 spiro atoms. The number of ether oxygens (including phenoxy) is 2. The summed E-state index contributed by atoms with van der Waals surface area (Å²) in [7, 11) is 0. The molecule has 1 atom stereocenters. The van der Waals surface area contributed by atoms with Gasteiger partial charge in [0, 0.05) is 5.75 Å². The number of hydrogen-bond donors (Lipinski definition) is 2. The van der Waals surface area contributed by atoms with Crippen LogP contribution in [-0.2, 0) is 16.2 Å². The molecule has 1 amide bonds. The van der Waals surface area contributed by atoms with E-state index < -0.39 is 17.4 Å². The number of amides is 1. The van der Waals surface area contributed by atoms with Crippen LogP contribution in [-0.4, -0.2) is 40.6 Å². The van der Waals surface area contributed by atoms with Gasteiger partial charge in [-0.25, -0.2) is 4.79 Å². The second-order valence-corrected chi connectivity index (χ2v) is 7.35. The molecule has 1 aliphatic heterocycles. The van der Waals surface area contributed by atoms with E-state index in [1.165, 1.54) is 11.8 Å². The van der Waals surface area contributed by atoms with Gasteiger partial charge < -0.3 is 19.9 Å². The predicted octanol–water partition coefficient (Wildman–Crippen LogP) is 2.72. The van der Waals surface area contributed by atoms with Crippen molar-refractivity contribution >= 4 is 23.6 Å². The number of carboxylic acid groups (broad SMARTS) is 1. The Morgan fingerprint density at radius 3 is 2.33 bits per heavy atom. The first kappa shape index (κ1) is 19.1. The number of nitrogens with one attached hydrogen (secondary N) is 1. The highest BCUT2D eigenvalue weighted by molar-refractivity contribution is 7.99. The molecule has 142 valence electrons. The number of carbonyl (C=O) groups is 2. The molecule has 0 saturated carbocycles. The van der Waals surface area contributed by atoms with Crippen molar-refractivity contribution in [2.24, 2.45) is 0 Å². The van der Waals surface area contributed by atoms with Crippen LogP contribution in [0.1, 0.15) is 12.0 Å². The van der Waals surface area contributed by atoms with Crippen LogP contribution in [0.5, 0.6) is 11.5 Å². The maximum absolute atomic E-state index is 12.2. The Morgan fingerprint density at radius 1 is 1.04 bits per heavy atom. The number of rotatable bonds is 8. The molecule has 1 heterocycles. The first-order valence-electron chi connectivity index (χ1n) is 8.60. The van der Waals surface area contributed by atoms with Crippen molar-refractivity contribution in [3.8, 4) is 11.5 Å². The van der Waals surface area contributed by atoms with Gasteiger partial charge in [-0.3, -0.25) is 4.79 Å². The fourth-order valence-electron chi connectivity index (χ4n) is 2.76. The van der Waals surface area contributed by atoms with Crippen LogP contribution in [0.4, 0.5) is 0 Å². The lowest BCUT2D eigenvalue weighted by atomic mass is 9.99. The zero-order valence-corrected chi connectivity index (χ0v) is 15.5. The molecule has 0 radical (unpaired) electrons. The van der Waals surface area contributed by atoms with Crippen molar-refractivity contribution in [2.45, 2.75) is 18.6 Å². The van der Waals surface area contributed by atoms with Crippen LogP contribution in [0, 0.1) is 0 Å². The highest BCUT2D eigenvalue weighted by atomic mass is 32.2. The molecule has 3 rings (SSSR count). The van der Waals surface area contributed by atoms with E-state index in [0.29, 0.717) is 36.0 Å². The summed E-state index contributed by atoms with van der Waals surface area (Å²) in [5.74, 6) is 0.575. The van der Waals surface area contributed by atoms with Gasteiger partial charge in [0.05, 0.1) is 0 Å². The fourth-order valence-corrected chi connectivity index (χ4v) is 4.08. The molecule has 0 bridgehead atoms. The maximum Gasteiger partial charge on any atom is 0.330 e. The second-order valence-electron chi connectivity index (χ2n) is 6.25. The molecule has 7 heteroatoms.